The first-order valence-corrected chi connectivity index (χ1v) is 7.21. The average Bonchev–Trinajstić information content (AvgIpc) is 2.45. The molecule has 2 aromatic carbocycles. The lowest BCUT2D eigenvalue weighted by Gasteiger charge is -2.27. The maximum Gasteiger partial charge on any atom is 0.0374 e. The van der Waals surface area contributed by atoms with Gasteiger partial charge in [-0.25, -0.2) is 0 Å². The van der Waals surface area contributed by atoms with Crippen LogP contribution in [-0.4, -0.2) is 6.04 Å². The van der Waals surface area contributed by atoms with Crippen LogP contribution in [0.25, 0.3) is 0 Å². The molecular weight excluding hydrogens is 230 g/mol. The molecule has 0 saturated heterocycles. The van der Waals surface area contributed by atoms with Gasteiger partial charge in [-0.15, -0.1) is 0 Å². The molecule has 19 heavy (non-hydrogen) atoms. The minimum Gasteiger partial charge on any atom is -0.382 e. The van der Waals surface area contributed by atoms with Gasteiger partial charge < -0.3 is 5.32 Å². The molecule has 0 radical (unpaired) electrons. The maximum atomic E-state index is 3.68. The lowest BCUT2D eigenvalue weighted by Crippen LogP contribution is -2.25. The summed E-state index contributed by atoms with van der Waals surface area (Å²) in [6.07, 6.45) is 4.85. The summed E-state index contributed by atoms with van der Waals surface area (Å²) in [6.45, 7) is 2.17. The van der Waals surface area contributed by atoms with Crippen LogP contribution >= 0.6 is 0 Å². The summed E-state index contributed by atoms with van der Waals surface area (Å²) < 4.78 is 0. The summed E-state index contributed by atoms with van der Waals surface area (Å²) in [5.74, 6) is 0. The van der Waals surface area contributed by atoms with Gasteiger partial charge in [-0.1, -0.05) is 48.0 Å². The molecular formula is C18H21N. The van der Waals surface area contributed by atoms with E-state index < -0.39 is 0 Å². The van der Waals surface area contributed by atoms with Crippen molar-refractivity contribution in [3.63, 3.8) is 0 Å². The summed E-state index contributed by atoms with van der Waals surface area (Å²) >= 11 is 0. The third-order valence-corrected chi connectivity index (χ3v) is 4.00. The van der Waals surface area contributed by atoms with Gasteiger partial charge >= 0.3 is 0 Å². The number of para-hydroxylation sites is 1. The first kappa shape index (κ1) is 12.3. The second-order valence-electron chi connectivity index (χ2n) is 5.56. The van der Waals surface area contributed by atoms with Gasteiger partial charge in [-0.2, -0.15) is 0 Å². The fourth-order valence-corrected chi connectivity index (χ4v) is 2.93. The van der Waals surface area contributed by atoms with Crippen molar-refractivity contribution in [3.8, 4) is 0 Å². The Kier molecular flexibility index (Phi) is 3.54. The van der Waals surface area contributed by atoms with Crippen molar-refractivity contribution in [1.29, 1.82) is 0 Å². The van der Waals surface area contributed by atoms with Gasteiger partial charge in [0, 0.05) is 11.7 Å². The number of benzene rings is 2. The van der Waals surface area contributed by atoms with Crippen LogP contribution < -0.4 is 5.32 Å². The highest BCUT2D eigenvalue weighted by Gasteiger charge is 2.16. The van der Waals surface area contributed by atoms with Gasteiger partial charge in [0.1, 0.15) is 0 Å². The summed E-state index contributed by atoms with van der Waals surface area (Å²) in [7, 11) is 0. The summed E-state index contributed by atoms with van der Waals surface area (Å²) in [5.41, 5.74) is 5.62. The maximum absolute atomic E-state index is 3.68. The van der Waals surface area contributed by atoms with Gasteiger partial charge in [0.25, 0.3) is 0 Å². The quantitative estimate of drug-likeness (QED) is 0.855. The average molecular weight is 251 g/mol. The Balaban J connectivity index is 1.61. The van der Waals surface area contributed by atoms with E-state index in [9.17, 15) is 0 Å². The number of rotatable bonds is 3. The molecule has 1 atom stereocenters. The predicted octanol–water partition coefficient (Wildman–Crippen LogP) is 4.35. The zero-order valence-corrected chi connectivity index (χ0v) is 11.5. The monoisotopic (exact) mass is 251 g/mol. The van der Waals surface area contributed by atoms with Gasteiger partial charge in [0.05, 0.1) is 0 Å². The lowest BCUT2D eigenvalue weighted by molar-refractivity contribution is 0.586. The highest BCUT2D eigenvalue weighted by molar-refractivity contribution is 5.53. The van der Waals surface area contributed by atoms with Crippen LogP contribution in [0.5, 0.6) is 0 Å². The molecule has 1 aliphatic heterocycles. The van der Waals surface area contributed by atoms with E-state index in [1.54, 1.807) is 0 Å². The summed E-state index contributed by atoms with van der Waals surface area (Å²) in [5, 5.41) is 3.68. The van der Waals surface area contributed by atoms with Crippen molar-refractivity contribution in [2.24, 2.45) is 0 Å². The lowest BCUT2D eigenvalue weighted by atomic mass is 9.94. The third kappa shape index (κ3) is 2.98. The van der Waals surface area contributed by atoms with E-state index in [1.807, 2.05) is 0 Å². The van der Waals surface area contributed by atoms with Crippen LogP contribution in [0.3, 0.4) is 0 Å². The first-order chi connectivity index (χ1) is 9.31. The zero-order chi connectivity index (χ0) is 13.1. The molecule has 1 unspecified atom stereocenters. The molecule has 0 amide bonds. The molecule has 1 nitrogen and oxygen atoms in total. The van der Waals surface area contributed by atoms with Crippen LogP contribution in [0.4, 0.5) is 5.69 Å². The Labute approximate surface area is 115 Å². The van der Waals surface area contributed by atoms with Crippen molar-refractivity contribution in [2.75, 3.05) is 5.32 Å². The molecule has 0 spiro atoms. The van der Waals surface area contributed by atoms with E-state index in [4.69, 9.17) is 0 Å². The number of fused-ring (bicyclic) bond motifs is 1. The predicted molar refractivity (Wildman–Crippen MR) is 81.7 cm³/mol. The number of nitrogens with one attached hydrogen (secondary N) is 1. The van der Waals surface area contributed by atoms with E-state index in [2.05, 4.69) is 60.8 Å². The van der Waals surface area contributed by atoms with Crippen LogP contribution in [0.1, 0.15) is 29.5 Å². The van der Waals surface area contributed by atoms with Crippen molar-refractivity contribution in [3.05, 3.63) is 65.2 Å². The largest absolute Gasteiger partial charge is 0.382 e. The number of aryl methyl sites for hydroxylation is 3. The van der Waals surface area contributed by atoms with Crippen LogP contribution in [0, 0.1) is 6.92 Å². The molecule has 1 heteroatoms. The Hall–Kier alpha value is -1.76. The molecule has 0 aromatic heterocycles. The van der Waals surface area contributed by atoms with Gasteiger partial charge in [0.2, 0.25) is 0 Å². The van der Waals surface area contributed by atoms with Crippen LogP contribution in [0.2, 0.25) is 0 Å². The number of anilines is 1. The SMILES string of the molecule is Cc1cccc(CCC2CCc3ccccc3N2)c1. The smallest absolute Gasteiger partial charge is 0.0374 e. The van der Waals surface area contributed by atoms with Gasteiger partial charge in [-0.05, 0) is 49.8 Å². The van der Waals surface area contributed by atoms with Crippen molar-refractivity contribution >= 4 is 5.69 Å². The molecule has 0 saturated carbocycles. The summed E-state index contributed by atoms with van der Waals surface area (Å²) in [4.78, 5) is 0. The second kappa shape index (κ2) is 5.48. The third-order valence-electron chi connectivity index (χ3n) is 4.00. The van der Waals surface area contributed by atoms with E-state index in [-0.39, 0.29) is 0 Å². The minimum absolute atomic E-state index is 0.621. The highest BCUT2D eigenvalue weighted by Crippen LogP contribution is 2.26. The molecule has 0 bridgehead atoms. The number of hydrogen-bond acceptors (Lipinski definition) is 1. The van der Waals surface area contributed by atoms with Crippen molar-refractivity contribution in [2.45, 2.75) is 38.6 Å². The standard InChI is InChI=1S/C18H21N/c1-14-5-4-6-15(13-14)9-11-17-12-10-16-7-2-3-8-18(16)19-17/h2-8,13,17,19H,9-12H2,1H3. The molecule has 1 heterocycles. The van der Waals surface area contributed by atoms with Gasteiger partial charge in [-0.3, -0.25) is 0 Å². The molecule has 1 aliphatic rings. The fourth-order valence-electron chi connectivity index (χ4n) is 2.93. The van der Waals surface area contributed by atoms with Crippen LogP contribution in [-0.2, 0) is 12.8 Å². The van der Waals surface area contributed by atoms with Crippen LogP contribution in [0.15, 0.2) is 48.5 Å². The Bertz CT molecular complexity index is 559. The fraction of sp³-hybridized carbons (Fsp3) is 0.333. The van der Waals surface area contributed by atoms with E-state index in [1.165, 1.54) is 48.1 Å². The Morgan fingerprint density at radius 1 is 1.11 bits per heavy atom. The second-order valence-corrected chi connectivity index (χ2v) is 5.56. The topological polar surface area (TPSA) is 12.0 Å². The van der Waals surface area contributed by atoms with E-state index in [0.717, 1.165) is 0 Å². The molecule has 98 valence electrons. The van der Waals surface area contributed by atoms with Crippen molar-refractivity contribution < 1.29 is 0 Å². The molecule has 3 rings (SSSR count). The molecule has 0 fully saturated rings. The zero-order valence-electron chi connectivity index (χ0n) is 11.5. The minimum atomic E-state index is 0.621. The Morgan fingerprint density at radius 2 is 2.00 bits per heavy atom. The molecule has 1 N–H and O–H groups in total. The Morgan fingerprint density at radius 3 is 2.89 bits per heavy atom. The molecule has 2 aromatic rings. The highest BCUT2D eigenvalue weighted by atomic mass is 14.9. The van der Waals surface area contributed by atoms with Crippen molar-refractivity contribution in [1.82, 2.24) is 0 Å². The summed E-state index contributed by atoms with van der Waals surface area (Å²) in [6, 6.07) is 18.2. The van der Waals surface area contributed by atoms with Gasteiger partial charge in [0.15, 0.2) is 0 Å². The molecule has 0 aliphatic carbocycles. The van der Waals surface area contributed by atoms with E-state index >= 15 is 0 Å². The number of hydrogen-bond donors (Lipinski definition) is 1. The van der Waals surface area contributed by atoms with E-state index in [0.29, 0.717) is 6.04 Å². The normalized spacial score (nSPS) is 17.6. The first-order valence-electron chi connectivity index (χ1n) is 7.21.